The second-order valence-corrected chi connectivity index (χ2v) is 5.16. The molecule has 2 rings (SSSR count). The predicted octanol–water partition coefficient (Wildman–Crippen LogP) is 1.86. The molecule has 0 radical (unpaired) electrons. The molecule has 1 aromatic heterocycles. The van der Waals surface area contributed by atoms with Crippen LogP contribution in [-0.4, -0.2) is 26.4 Å². The number of aliphatic hydroxyl groups excluding tert-OH is 2. The van der Waals surface area contributed by atoms with Crippen molar-refractivity contribution in [2.75, 3.05) is 12.3 Å². The molecule has 0 bridgehead atoms. The van der Waals surface area contributed by atoms with E-state index in [-0.39, 0.29) is 18.6 Å². The third-order valence-corrected chi connectivity index (χ3v) is 3.63. The number of anilines is 1. The zero-order valence-electron chi connectivity index (χ0n) is 11.5. The normalized spacial score (nSPS) is 16.5. The van der Waals surface area contributed by atoms with E-state index in [1.54, 1.807) is 13.0 Å². The molecule has 0 amide bonds. The van der Waals surface area contributed by atoms with E-state index in [9.17, 15) is 10.2 Å². The van der Waals surface area contributed by atoms with Crippen LogP contribution in [0.15, 0.2) is 18.2 Å². The maximum absolute atomic E-state index is 9.90. The van der Waals surface area contributed by atoms with Crippen LogP contribution in [0.5, 0.6) is 0 Å². The summed E-state index contributed by atoms with van der Waals surface area (Å²) in [5, 5.41) is 19.2. The molecule has 104 valence electrons. The van der Waals surface area contributed by atoms with Crippen molar-refractivity contribution in [2.24, 2.45) is 5.92 Å². The second-order valence-electron chi connectivity index (χ2n) is 5.16. The molecule has 0 aliphatic rings. The number of hydrogen-bond acceptors (Lipinski definition) is 4. The number of nitrogen functional groups attached to an aromatic ring is 1. The Kier molecular flexibility index (Phi) is 3.78. The van der Waals surface area contributed by atoms with Crippen molar-refractivity contribution in [3.05, 3.63) is 24.0 Å². The van der Waals surface area contributed by atoms with Gasteiger partial charge in [0, 0.05) is 18.3 Å². The molecular formula is C14H21N3O2. The highest BCUT2D eigenvalue weighted by molar-refractivity contribution is 5.80. The molecule has 0 saturated heterocycles. The maximum atomic E-state index is 9.90. The summed E-state index contributed by atoms with van der Waals surface area (Å²) in [7, 11) is 0. The summed E-state index contributed by atoms with van der Waals surface area (Å²) < 4.78 is 1.99. The zero-order chi connectivity index (χ0) is 14.2. The van der Waals surface area contributed by atoms with Crippen molar-refractivity contribution in [3.8, 4) is 0 Å². The quantitative estimate of drug-likeness (QED) is 0.735. The molecule has 5 heteroatoms. The first-order valence-corrected chi connectivity index (χ1v) is 6.52. The summed E-state index contributed by atoms with van der Waals surface area (Å²) in [6, 6.07) is 5.57. The number of nitrogens with two attached hydrogens (primary N) is 1. The number of aromatic nitrogens is 2. The average molecular weight is 263 g/mol. The molecule has 0 saturated carbocycles. The van der Waals surface area contributed by atoms with Crippen LogP contribution < -0.4 is 5.73 Å². The molecule has 1 heterocycles. The monoisotopic (exact) mass is 263 g/mol. The lowest BCUT2D eigenvalue weighted by atomic mass is 10.0. The van der Waals surface area contributed by atoms with E-state index in [0.29, 0.717) is 11.5 Å². The van der Waals surface area contributed by atoms with Crippen molar-refractivity contribution in [3.63, 3.8) is 0 Å². The summed E-state index contributed by atoms with van der Waals surface area (Å²) in [5.74, 6) is 0.681. The van der Waals surface area contributed by atoms with Gasteiger partial charge in [-0.3, -0.25) is 0 Å². The smallest absolute Gasteiger partial charge is 0.138 e. The van der Waals surface area contributed by atoms with Crippen LogP contribution in [0.25, 0.3) is 11.0 Å². The van der Waals surface area contributed by atoms with E-state index in [0.717, 1.165) is 11.0 Å². The molecule has 0 aliphatic carbocycles. The summed E-state index contributed by atoms with van der Waals surface area (Å²) >= 11 is 0. The molecule has 4 N–H and O–H groups in total. The fourth-order valence-electron chi connectivity index (χ4n) is 2.26. The average Bonchev–Trinajstić information content (AvgIpc) is 2.75. The lowest BCUT2D eigenvalue weighted by Crippen LogP contribution is -2.20. The Hall–Kier alpha value is -1.59. The molecule has 1 aromatic carbocycles. The van der Waals surface area contributed by atoms with Crippen LogP contribution in [0.1, 0.15) is 38.7 Å². The molecule has 0 spiro atoms. The van der Waals surface area contributed by atoms with E-state index in [4.69, 9.17) is 5.73 Å². The minimum absolute atomic E-state index is 0.0447. The number of benzene rings is 1. The second kappa shape index (κ2) is 5.19. The van der Waals surface area contributed by atoms with Gasteiger partial charge >= 0.3 is 0 Å². The summed E-state index contributed by atoms with van der Waals surface area (Å²) in [6.07, 6.45) is -0.665. The lowest BCUT2D eigenvalue weighted by molar-refractivity contribution is 0.165. The van der Waals surface area contributed by atoms with Gasteiger partial charge in [0.05, 0.1) is 11.0 Å². The van der Waals surface area contributed by atoms with Crippen molar-refractivity contribution in [2.45, 2.75) is 32.9 Å². The highest BCUT2D eigenvalue weighted by Gasteiger charge is 2.22. The molecule has 3 unspecified atom stereocenters. The standard InChI is InChI=1S/C14H21N3O2/c1-8(7-18)9(2)17-13-5-4-11(15)6-12(13)16-14(17)10(3)19/h4-6,8-10,18-19H,7,15H2,1-3H3. The van der Waals surface area contributed by atoms with E-state index in [1.165, 1.54) is 0 Å². The van der Waals surface area contributed by atoms with E-state index in [2.05, 4.69) is 4.98 Å². The highest BCUT2D eigenvalue weighted by atomic mass is 16.3. The van der Waals surface area contributed by atoms with Crippen LogP contribution in [-0.2, 0) is 0 Å². The van der Waals surface area contributed by atoms with Crippen LogP contribution in [0.2, 0.25) is 0 Å². The molecular weight excluding hydrogens is 242 g/mol. The van der Waals surface area contributed by atoms with Gasteiger partial charge in [0.2, 0.25) is 0 Å². The zero-order valence-corrected chi connectivity index (χ0v) is 11.5. The highest BCUT2D eigenvalue weighted by Crippen LogP contribution is 2.29. The topological polar surface area (TPSA) is 84.3 Å². The van der Waals surface area contributed by atoms with Gasteiger partial charge in [-0.25, -0.2) is 4.98 Å². The Labute approximate surface area is 112 Å². The largest absolute Gasteiger partial charge is 0.399 e. The first-order chi connectivity index (χ1) is 8.95. The van der Waals surface area contributed by atoms with Crippen molar-refractivity contribution >= 4 is 16.7 Å². The van der Waals surface area contributed by atoms with Gasteiger partial charge in [-0.1, -0.05) is 6.92 Å². The Morgan fingerprint density at radius 2 is 2.00 bits per heavy atom. The summed E-state index contributed by atoms with van der Waals surface area (Å²) in [6.45, 7) is 5.77. The summed E-state index contributed by atoms with van der Waals surface area (Å²) in [5.41, 5.74) is 8.12. The Morgan fingerprint density at radius 3 is 2.58 bits per heavy atom. The number of nitrogens with zero attached hydrogens (tertiary/aromatic N) is 2. The molecule has 3 atom stereocenters. The van der Waals surface area contributed by atoms with Crippen LogP contribution in [0.3, 0.4) is 0 Å². The third kappa shape index (κ3) is 2.43. The Bertz CT molecular complexity index is 577. The number of aliphatic hydroxyl groups is 2. The fraction of sp³-hybridized carbons (Fsp3) is 0.500. The number of fused-ring (bicyclic) bond motifs is 1. The minimum Gasteiger partial charge on any atom is -0.399 e. The number of hydrogen-bond donors (Lipinski definition) is 3. The SMILES string of the molecule is CC(O)c1nc2cc(N)ccc2n1C(C)C(C)CO. The van der Waals surface area contributed by atoms with Gasteiger partial charge in [0.15, 0.2) is 0 Å². The van der Waals surface area contributed by atoms with Crippen molar-refractivity contribution in [1.82, 2.24) is 9.55 Å². The Morgan fingerprint density at radius 1 is 1.32 bits per heavy atom. The molecule has 0 fully saturated rings. The van der Waals surface area contributed by atoms with E-state index < -0.39 is 6.10 Å². The maximum Gasteiger partial charge on any atom is 0.138 e. The molecule has 0 aliphatic heterocycles. The van der Waals surface area contributed by atoms with E-state index >= 15 is 0 Å². The third-order valence-electron chi connectivity index (χ3n) is 3.63. The van der Waals surface area contributed by atoms with Crippen LogP contribution in [0.4, 0.5) is 5.69 Å². The summed E-state index contributed by atoms with van der Waals surface area (Å²) in [4.78, 5) is 4.46. The van der Waals surface area contributed by atoms with Gasteiger partial charge in [-0.15, -0.1) is 0 Å². The van der Waals surface area contributed by atoms with E-state index in [1.807, 2.05) is 30.5 Å². The van der Waals surface area contributed by atoms with Gasteiger partial charge in [0.25, 0.3) is 0 Å². The van der Waals surface area contributed by atoms with Gasteiger partial charge in [0.1, 0.15) is 11.9 Å². The molecule has 19 heavy (non-hydrogen) atoms. The fourth-order valence-corrected chi connectivity index (χ4v) is 2.26. The lowest BCUT2D eigenvalue weighted by Gasteiger charge is -2.23. The first-order valence-electron chi connectivity index (χ1n) is 6.52. The van der Waals surface area contributed by atoms with Crippen molar-refractivity contribution in [1.29, 1.82) is 0 Å². The Balaban J connectivity index is 2.65. The number of rotatable bonds is 4. The first kappa shape index (κ1) is 13.8. The predicted molar refractivity (Wildman–Crippen MR) is 75.7 cm³/mol. The minimum atomic E-state index is -0.665. The van der Waals surface area contributed by atoms with Crippen molar-refractivity contribution < 1.29 is 10.2 Å². The van der Waals surface area contributed by atoms with Crippen LogP contribution in [0, 0.1) is 5.92 Å². The number of imidazole rings is 1. The van der Waals surface area contributed by atoms with Crippen LogP contribution >= 0.6 is 0 Å². The molecule has 5 nitrogen and oxygen atoms in total. The van der Waals surface area contributed by atoms with Gasteiger partial charge in [-0.2, -0.15) is 0 Å². The molecule has 2 aromatic rings. The van der Waals surface area contributed by atoms with Gasteiger partial charge in [-0.05, 0) is 38.0 Å². The van der Waals surface area contributed by atoms with Gasteiger partial charge < -0.3 is 20.5 Å².